The van der Waals surface area contributed by atoms with E-state index in [0.29, 0.717) is 6.42 Å². The van der Waals surface area contributed by atoms with Gasteiger partial charge >= 0.3 is 0 Å². The molecule has 0 atom stereocenters. The Balaban J connectivity index is 2.02. The van der Waals surface area contributed by atoms with E-state index in [0.717, 1.165) is 40.2 Å². The van der Waals surface area contributed by atoms with Gasteiger partial charge < -0.3 is 14.9 Å². The van der Waals surface area contributed by atoms with Crippen LogP contribution in [0.4, 0.5) is 5.69 Å². The number of nitrogens with zero attached hydrogens (tertiary/aromatic N) is 2. The number of carbonyl (C=O) groups excluding carboxylic acids is 1. The van der Waals surface area contributed by atoms with Crippen molar-refractivity contribution in [2.75, 3.05) is 12.4 Å². The first kappa shape index (κ1) is 14.4. The summed E-state index contributed by atoms with van der Waals surface area (Å²) in [6.45, 7) is 2.01. The van der Waals surface area contributed by atoms with E-state index >= 15 is 0 Å². The summed E-state index contributed by atoms with van der Waals surface area (Å²) in [7, 11) is 3.88. The molecule has 0 aliphatic carbocycles. The van der Waals surface area contributed by atoms with Gasteiger partial charge in [0.25, 0.3) is 0 Å². The summed E-state index contributed by atoms with van der Waals surface area (Å²) < 4.78 is 2.02. The first-order valence-electron chi connectivity index (χ1n) is 7.50. The summed E-state index contributed by atoms with van der Waals surface area (Å²) in [5.74, 6) is 0.982. The number of aryl methyl sites for hydroxylation is 1. The number of aromatic nitrogens is 3. The molecule has 5 nitrogen and oxygen atoms in total. The van der Waals surface area contributed by atoms with Gasteiger partial charge in [0, 0.05) is 32.3 Å². The van der Waals surface area contributed by atoms with Gasteiger partial charge in [-0.2, -0.15) is 0 Å². The molecular formula is C17H20N4O. The number of rotatable bonds is 5. The maximum Gasteiger partial charge on any atom is 0.162 e. The lowest BCUT2D eigenvalue weighted by molar-refractivity contribution is 0.0982. The van der Waals surface area contributed by atoms with E-state index in [1.807, 2.05) is 56.0 Å². The zero-order chi connectivity index (χ0) is 15.7. The van der Waals surface area contributed by atoms with Gasteiger partial charge in [0.05, 0.1) is 22.4 Å². The average Bonchev–Trinajstić information content (AvgIpc) is 3.09. The fraction of sp³-hybridized carbons (Fsp3) is 0.294. The zero-order valence-electron chi connectivity index (χ0n) is 13.1. The van der Waals surface area contributed by atoms with Crippen LogP contribution in [0, 0.1) is 0 Å². The Bertz CT molecular complexity index is 828. The molecule has 3 rings (SSSR count). The van der Waals surface area contributed by atoms with Gasteiger partial charge in [0.2, 0.25) is 0 Å². The molecule has 0 saturated heterocycles. The second-order valence-electron chi connectivity index (χ2n) is 5.47. The third-order valence-electron chi connectivity index (χ3n) is 3.82. The minimum Gasteiger partial charge on any atom is -0.387 e. The molecule has 5 heteroatoms. The van der Waals surface area contributed by atoms with Crippen LogP contribution in [0.2, 0.25) is 0 Å². The summed E-state index contributed by atoms with van der Waals surface area (Å²) in [5.41, 5.74) is 4.55. The highest BCUT2D eigenvalue weighted by molar-refractivity contribution is 5.99. The highest BCUT2D eigenvalue weighted by atomic mass is 16.1. The van der Waals surface area contributed by atoms with Gasteiger partial charge in [0.1, 0.15) is 0 Å². The Morgan fingerprint density at radius 1 is 1.36 bits per heavy atom. The Hall–Kier alpha value is -2.56. The van der Waals surface area contributed by atoms with Crippen molar-refractivity contribution >= 4 is 22.5 Å². The highest BCUT2D eigenvalue weighted by Gasteiger charge is 2.12. The number of imidazole rings is 1. The van der Waals surface area contributed by atoms with E-state index in [1.54, 1.807) is 0 Å². The van der Waals surface area contributed by atoms with Crippen LogP contribution in [0.15, 0.2) is 30.5 Å². The van der Waals surface area contributed by atoms with E-state index in [9.17, 15) is 4.79 Å². The molecule has 1 aromatic carbocycles. The quantitative estimate of drug-likeness (QED) is 0.707. The van der Waals surface area contributed by atoms with Crippen molar-refractivity contribution in [3.8, 4) is 11.5 Å². The van der Waals surface area contributed by atoms with Gasteiger partial charge in [-0.05, 0) is 30.7 Å². The predicted molar refractivity (Wildman–Crippen MR) is 89.3 cm³/mol. The summed E-state index contributed by atoms with van der Waals surface area (Å²) in [5, 5.41) is 3.12. The van der Waals surface area contributed by atoms with Crippen molar-refractivity contribution in [1.82, 2.24) is 14.5 Å². The van der Waals surface area contributed by atoms with Crippen molar-refractivity contribution in [1.29, 1.82) is 0 Å². The Morgan fingerprint density at radius 3 is 2.86 bits per heavy atom. The Labute approximate surface area is 129 Å². The molecule has 0 saturated carbocycles. The van der Waals surface area contributed by atoms with E-state index in [4.69, 9.17) is 0 Å². The lowest BCUT2D eigenvalue weighted by atomic mass is 10.1. The molecule has 2 N–H and O–H groups in total. The van der Waals surface area contributed by atoms with Gasteiger partial charge in [-0.3, -0.25) is 4.79 Å². The third kappa shape index (κ3) is 2.50. The van der Waals surface area contributed by atoms with Crippen molar-refractivity contribution in [3.05, 3.63) is 36.0 Å². The SMILES string of the molecule is CCCC(=O)c1ccc2nc(-c3cc(NC)cn3C)[nH]c2c1. The maximum atomic E-state index is 12.0. The molecule has 0 aliphatic rings. The van der Waals surface area contributed by atoms with Crippen LogP contribution < -0.4 is 5.32 Å². The topological polar surface area (TPSA) is 62.7 Å². The number of benzene rings is 1. The molecule has 0 amide bonds. The molecule has 2 aromatic heterocycles. The Kier molecular flexibility index (Phi) is 3.71. The molecular weight excluding hydrogens is 276 g/mol. The van der Waals surface area contributed by atoms with Crippen LogP contribution in [0.1, 0.15) is 30.1 Å². The fourth-order valence-corrected chi connectivity index (χ4v) is 2.61. The molecule has 0 spiro atoms. The summed E-state index contributed by atoms with van der Waals surface area (Å²) >= 11 is 0. The third-order valence-corrected chi connectivity index (χ3v) is 3.82. The average molecular weight is 296 g/mol. The van der Waals surface area contributed by atoms with Crippen molar-refractivity contribution < 1.29 is 4.79 Å². The molecule has 0 fully saturated rings. The van der Waals surface area contributed by atoms with Gasteiger partial charge in [-0.25, -0.2) is 4.98 Å². The summed E-state index contributed by atoms with van der Waals surface area (Å²) in [4.78, 5) is 20.0. The second-order valence-corrected chi connectivity index (χ2v) is 5.47. The van der Waals surface area contributed by atoms with Gasteiger partial charge in [-0.1, -0.05) is 6.92 Å². The van der Waals surface area contributed by atoms with Crippen LogP contribution in [-0.2, 0) is 7.05 Å². The summed E-state index contributed by atoms with van der Waals surface area (Å²) in [6, 6.07) is 7.70. The predicted octanol–water partition coefficient (Wildman–Crippen LogP) is 3.59. The zero-order valence-corrected chi connectivity index (χ0v) is 13.1. The largest absolute Gasteiger partial charge is 0.387 e. The first-order chi connectivity index (χ1) is 10.6. The molecule has 22 heavy (non-hydrogen) atoms. The maximum absolute atomic E-state index is 12.0. The molecule has 114 valence electrons. The molecule has 0 unspecified atom stereocenters. The van der Waals surface area contributed by atoms with E-state index < -0.39 is 0 Å². The molecule has 0 radical (unpaired) electrons. The molecule has 2 heterocycles. The van der Waals surface area contributed by atoms with Gasteiger partial charge in [0.15, 0.2) is 11.6 Å². The number of aromatic amines is 1. The molecule has 0 aliphatic heterocycles. The summed E-state index contributed by atoms with van der Waals surface area (Å²) in [6.07, 6.45) is 3.45. The first-order valence-corrected chi connectivity index (χ1v) is 7.50. The van der Waals surface area contributed by atoms with E-state index in [-0.39, 0.29) is 5.78 Å². The van der Waals surface area contributed by atoms with Crippen molar-refractivity contribution in [2.24, 2.45) is 7.05 Å². The second kappa shape index (κ2) is 5.67. The number of ketones is 1. The van der Waals surface area contributed by atoms with E-state index in [1.165, 1.54) is 0 Å². The van der Waals surface area contributed by atoms with Crippen LogP contribution in [0.3, 0.4) is 0 Å². The molecule has 3 aromatic rings. The fourth-order valence-electron chi connectivity index (χ4n) is 2.61. The van der Waals surface area contributed by atoms with Crippen LogP contribution in [0.25, 0.3) is 22.6 Å². The minimum atomic E-state index is 0.178. The number of carbonyl (C=O) groups is 1. The molecule has 0 bridgehead atoms. The lowest BCUT2D eigenvalue weighted by Gasteiger charge is -1.98. The van der Waals surface area contributed by atoms with Crippen molar-refractivity contribution in [3.63, 3.8) is 0 Å². The monoisotopic (exact) mass is 296 g/mol. The van der Waals surface area contributed by atoms with E-state index in [2.05, 4.69) is 15.3 Å². The number of anilines is 1. The standard InChI is InChI=1S/C17H20N4O/c1-4-5-16(22)11-6-7-13-14(8-11)20-17(19-13)15-9-12(18-2)10-21(15)3/h6-10,18H,4-5H2,1-3H3,(H,19,20). The van der Waals surface area contributed by atoms with Crippen molar-refractivity contribution in [2.45, 2.75) is 19.8 Å². The normalized spacial score (nSPS) is 11.0. The number of H-pyrrole nitrogens is 1. The van der Waals surface area contributed by atoms with Crippen LogP contribution in [0.5, 0.6) is 0 Å². The smallest absolute Gasteiger partial charge is 0.162 e. The number of fused-ring (bicyclic) bond motifs is 1. The minimum absolute atomic E-state index is 0.178. The van der Waals surface area contributed by atoms with Crippen LogP contribution in [-0.4, -0.2) is 27.4 Å². The van der Waals surface area contributed by atoms with Crippen LogP contribution >= 0.6 is 0 Å². The lowest BCUT2D eigenvalue weighted by Crippen LogP contribution is -1.97. The Morgan fingerprint density at radius 2 is 2.18 bits per heavy atom. The number of hydrogen-bond acceptors (Lipinski definition) is 3. The number of Topliss-reactive ketones (excluding diaryl/α,β-unsaturated/α-hetero) is 1. The highest BCUT2D eigenvalue weighted by Crippen LogP contribution is 2.25. The number of nitrogens with one attached hydrogen (secondary N) is 2. The number of hydrogen-bond donors (Lipinski definition) is 2. The van der Waals surface area contributed by atoms with Gasteiger partial charge in [-0.15, -0.1) is 0 Å².